The Morgan fingerprint density at radius 2 is 2.39 bits per heavy atom. The van der Waals surface area contributed by atoms with Crippen molar-refractivity contribution in [1.82, 2.24) is 10.3 Å². The predicted molar refractivity (Wildman–Crippen MR) is 81.5 cm³/mol. The number of aromatic nitrogens is 1. The second-order valence-electron chi connectivity index (χ2n) is 5.50. The summed E-state index contributed by atoms with van der Waals surface area (Å²) in [5.41, 5.74) is 1.69. The molecule has 0 saturated carbocycles. The van der Waals surface area contributed by atoms with E-state index in [9.17, 15) is 4.79 Å². The molecule has 3 rings (SSSR count). The number of rotatable bonds is 4. The number of nitrogens with zero attached hydrogens (tertiary/aromatic N) is 2. The van der Waals surface area contributed by atoms with Gasteiger partial charge in [-0.3, -0.25) is 4.79 Å². The van der Waals surface area contributed by atoms with Gasteiger partial charge in [-0.1, -0.05) is 12.1 Å². The summed E-state index contributed by atoms with van der Waals surface area (Å²) >= 11 is 0. The van der Waals surface area contributed by atoms with E-state index in [0.717, 1.165) is 18.4 Å². The number of amides is 1. The molecule has 0 bridgehead atoms. The highest BCUT2D eigenvalue weighted by atomic mass is 16.5. The van der Waals surface area contributed by atoms with Gasteiger partial charge in [-0.05, 0) is 37.5 Å². The lowest BCUT2D eigenvalue weighted by Crippen LogP contribution is -2.28. The minimum Gasteiger partial charge on any atom is -0.445 e. The Bertz CT molecular complexity index is 742. The van der Waals surface area contributed by atoms with E-state index >= 15 is 0 Å². The second-order valence-corrected chi connectivity index (χ2v) is 5.50. The van der Waals surface area contributed by atoms with E-state index in [2.05, 4.69) is 16.4 Å². The zero-order valence-corrected chi connectivity index (χ0v) is 12.8. The van der Waals surface area contributed by atoms with Crippen LogP contribution in [0.15, 0.2) is 35.1 Å². The number of ether oxygens (including phenoxy) is 1. The maximum atomic E-state index is 12.5. The van der Waals surface area contributed by atoms with Crippen molar-refractivity contribution < 1.29 is 13.9 Å². The molecule has 0 unspecified atom stereocenters. The van der Waals surface area contributed by atoms with Gasteiger partial charge in [-0.25, -0.2) is 4.98 Å². The van der Waals surface area contributed by atoms with Crippen LogP contribution in [-0.2, 0) is 4.74 Å². The van der Waals surface area contributed by atoms with Crippen molar-refractivity contribution in [1.29, 1.82) is 5.26 Å². The van der Waals surface area contributed by atoms with Gasteiger partial charge in [0.2, 0.25) is 0 Å². The Morgan fingerprint density at radius 3 is 3.13 bits per heavy atom. The molecule has 0 radical (unpaired) electrons. The molecule has 23 heavy (non-hydrogen) atoms. The molecule has 118 valence electrons. The molecule has 1 aliphatic rings. The molecular formula is C17H17N3O3. The molecule has 1 saturated heterocycles. The smallest absolute Gasteiger partial charge is 0.274 e. The lowest BCUT2D eigenvalue weighted by Gasteiger charge is -2.15. The Morgan fingerprint density at radius 1 is 1.52 bits per heavy atom. The first-order chi connectivity index (χ1) is 11.2. The summed E-state index contributed by atoms with van der Waals surface area (Å²) in [5, 5.41) is 11.8. The Hall–Kier alpha value is -2.65. The van der Waals surface area contributed by atoms with Crippen LogP contribution in [0.25, 0.3) is 0 Å². The molecule has 1 aromatic carbocycles. The standard InChI is InChI=1S/C17H17N3O3/c1-11(13-5-2-4-12(8-13)9-18)20-17(21)15-16(23-10-19-15)14-6-3-7-22-14/h2,4-5,8,10-11,14H,3,6-7H2,1H3,(H,20,21)/t11-,14+/m1/s1. The number of nitriles is 1. The maximum Gasteiger partial charge on any atom is 0.274 e. The number of hydrogen-bond donors (Lipinski definition) is 1. The summed E-state index contributed by atoms with van der Waals surface area (Å²) < 4.78 is 10.9. The second kappa shape index (κ2) is 6.63. The summed E-state index contributed by atoms with van der Waals surface area (Å²) in [5.74, 6) is 0.178. The summed E-state index contributed by atoms with van der Waals surface area (Å²) in [6.45, 7) is 2.53. The molecule has 6 heteroatoms. The van der Waals surface area contributed by atoms with Crippen molar-refractivity contribution >= 4 is 5.91 Å². The molecule has 2 atom stereocenters. The van der Waals surface area contributed by atoms with E-state index in [1.54, 1.807) is 18.2 Å². The quantitative estimate of drug-likeness (QED) is 0.938. The molecule has 0 aliphatic carbocycles. The van der Waals surface area contributed by atoms with Crippen molar-refractivity contribution in [2.24, 2.45) is 0 Å². The molecule has 2 heterocycles. The zero-order valence-electron chi connectivity index (χ0n) is 12.8. The van der Waals surface area contributed by atoms with Gasteiger partial charge in [-0.15, -0.1) is 0 Å². The molecule has 1 aromatic heterocycles. The molecule has 0 spiro atoms. The lowest BCUT2D eigenvalue weighted by atomic mass is 10.1. The highest BCUT2D eigenvalue weighted by molar-refractivity contribution is 5.93. The fourth-order valence-electron chi connectivity index (χ4n) is 2.66. The monoisotopic (exact) mass is 311 g/mol. The van der Waals surface area contributed by atoms with Gasteiger partial charge >= 0.3 is 0 Å². The summed E-state index contributed by atoms with van der Waals surface area (Å²) in [4.78, 5) is 16.5. The van der Waals surface area contributed by atoms with Crippen molar-refractivity contribution in [3.63, 3.8) is 0 Å². The average Bonchev–Trinajstić information content (AvgIpc) is 3.25. The Labute approximate surface area is 134 Å². The van der Waals surface area contributed by atoms with Crippen molar-refractivity contribution in [3.8, 4) is 6.07 Å². The summed E-state index contributed by atoms with van der Waals surface area (Å²) in [6, 6.07) is 9.00. The van der Waals surface area contributed by atoms with Crippen LogP contribution in [0.2, 0.25) is 0 Å². The van der Waals surface area contributed by atoms with E-state index in [1.165, 1.54) is 6.39 Å². The minimum absolute atomic E-state index is 0.199. The van der Waals surface area contributed by atoms with E-state index in [1.807, 2.05) is 13.0 Å². The number of carbonyl (C=O) groups is 1. The predicted octanol–water partition coefficient (Wildman–Crippen LogP) is 2.89. The van der Waals surface area contributed by atoms with E-state index < -0.39 is 0 Å². The van der Waals surface area contributed by atoms with Crippen LogP contribution < -0.4 is 5.32 Å². The van der Waals surface area contributed by atoms with Crippen LogP contribution in [0, 0.1) is 11.3 Å². The number of benzene rings is 1. The highest BCUT2D eigenvalue weighted by Crippen LogP contribution is 2.30. The molecule has 6 nitrogen and oxygen atoms in total. The van der Waals surface area contributed by atoms with E-state index in [-0.39, 0.29) is 23.7 Å². The van der Waals surface area contributed by atoms with Gasteiger partial charge in [0, 0.05) is 6.61 Å². The van der Waals surface area contributed by atoms with Crippen LogP contribution in [0.3, 0.4) is 0 Å². The van der Waals surface area contributed by atoms with Crippen LogP contribution in [0.5, 0.6) is 0 Å². The molecule has 2 aromatic rings. The first-order valence-corrected chi connectivity index (χ1v) is 7.55. The third-order valence-electron chi connectivity index (χ3n) is 3.90. The first kappa shape index (κ1) is 15.3. The number of nitrogens with one attached hydrogen (secondary N) is 1. The van der Waals surface area contributed by atoms with Crippen LogP contribution in [0.4, 0.5) is 0 Å². The topological polar surface area (TPSA) is 88.2 Å². The minimum atomic E-state index is -0.306. The van der Waals surface area contributed by atoms with Gasteiger partial charge in [0.1, 0.15) is 6.10 Å². The summed E-state index contributed by atoms with van der Waals surface area (Å²) in [7, 11) is 0. The zero-order chi connectivity index (χ0) is 16.2. The number of oxazole rings is 1. The molecule has 1 fully saturated rings. The normalized spacial score (nSPS) is 18.3. The van der Waals surface area contributed by atoms with Crippen molar-refractivity contribution in [3.05, 3.63) is 53.2 Å². The maximum absolute atomic E-state index is 12.5. The third kappa shape index (κ3) is 3.25. The van der Waals surface area contributed by atoms with Gasteiger partial charge in [-0.2, -0.15) is 5.26 Å². The highest BCUT2D eigenvalue weighted by Gasteiger charge is 2.28. The number of carbonyl (C=O) groups excluding carboxylic acids is 1. The van der Waals surface area contributed by atoms with Crippen LogP contribution in [0.1, 0.15) is 59.3 Å². The molecular weight excluding hydrogens is 294 g/mol. The molecule has 1 N–H and O–H groups in total. The summed E-state index contributed by atoms with van der Waals surface area (Å²) in [6.07, 6.45) is 2.85. The van der Waals surface area contributed by atoms with Gasteiger partial charge in [0.15, 0.2) is 17.8 Å². The van der Waals surface area contributed by atoms with Crippen molar-refractivity contribution in [2.75, 3.05) is 6.61 Å². The van der Waals surface area contributed by atoms with Gasteiger partial charge < -0.3 is 14.5 Å². The third-order valence-corrected chi connectivity index (χ3v) is 3.90. The molecule has 1 aliphatic heterocycles. The van der Waals surface area contributed by atoms with Gasteiger partial charge in [0.25, 0.3) is 5.91 Å². The van der Waals surface area contributed by atoms with E-state index in [0.29, 0.717) is 17.9 Å². The fourth-order valence-corrected chi connectivity index (χ4v) is 2.66. The largest absolute Gasteiger partial charge is 0.445 e. The van der Waals surface area contributed by atoms with Crippen LogP contribution in [-0.4, -0.2) is 17.5 Å². The van der Waals surface area contributed by atoms with E-state index in [4.69, 9.17) is 14.4 Å². The first-order valence-electron chi connectivity index (χ1n) is 7.55. The lowest BCUT2D eigenvalue weighted by molar-refractivity contribution is 0.0854. The van der Waals surface area contributed by atoms with Crippen molar-refractivity contribution in [2.45, 2.75) is 31.9 Å². The SMILES string of the molecule is C[C@@H](NC(=O)c1ncoc1[C@@H]1CCCO1)c1cccc(C#N)c1. The average molecular weight is 311 g/mol. The van der Waals surface area contributed by atoms with Crippen LogP contribution >= 0.6 is 0 Å². The number of hydrogen-bond acceptors (Lipinski definition) is 5. The van der Waals surface area contributed by atoms with Gasteiger partial charge in [0.05, 0.1) is 17.7 Å². The Balaban J connectivity index is 1.74. The Kier molecular flexibility index (Phi) is 4.40. The fraction of sp³-hybridized carbons (Fsp3) is 0.353. The molecule has 1 amide bonds.